The van der Waals surface area contributed by atoms with Gasteiger partial charge in [0.25, 0.3) is 0 Å². The molecule has 4 heteroatoms. The summed E-state index contributed by atoms with van der Waals surface area (Å²) in [5.41, 5.74) is 29.2. The molecule has 1 heterocycles. The lowest BCUT2D eigenvalue weighted by atomic mass is 9.67. The maximum atomic E-state index is 6.05. The van der Waals surface area contributed by atoms with Crippen LogP contribution in [0.25, 0.3) is 71.7 Å². The van der Waals surface area contributed by atoms with Crippen molar-refractivity contribution in [2.45, 2.75) is 63.7 Å². The fourth-order valence-corrected chi connectivity index (χ4v) is 12.3. The van der Waals surface area contributed by atoms with Gasteiger partial charge in [0.15, 0.2) is 0 Å². The summed E-state index contributed by atoms with van der Waals surface area (Å²) < 4.78 is 2.40. The lowest BCUT2D eigenvalue weighted by molar-refractivity contribution is 0.645. The fraction of sp³-hybridized carbons (Fsp3) is 0.125. The maximum Gasteiger partial charge on any atom is 0.0866 e. The van der Waals surface area contributed by atoms with E-state index in [4.69, 9.17) is 10.7 Å². The van der Waals surface area contributed by atoms with Crippen molar-refractivity contribution in [3.8, 4) is 27.9 Å². The number of aliphatic imine (C=N–C) groups is 1. The van der Waals surface area contributed by atoms with E-state index in [9.17, 15) is 0 Å². The highest BCUT2D eigenvalue weighted by molar-refractivity contribution is 7.99. The van der Waals surface area contributed by atoms with E-state index in [1.165, 1.54) is 109 Å². The number of allylic oxidation sites excluding steroid dienone is 3. The first-order valence-electron chi connectivity index (χ1n) is 26.4. The Kier molecular flexibility index (Phi) is 13.9. The zero-order valence-corrected chi connectivity index (χ0v) is 45.3. The van der Waals surface area contributed by atoms with Crippen LogP contribution in [0.2, 0.25) is 0 Å². The van der Waals surface area contributed by atoms with E-state index >= 15 is 0 Å². The average Bonchev–Trinajstić information content (AvgIpc) is 3.89. The van der Waals surface area contributed by atoms with Crippen LogP contribution in [0.5, 0.6) is 0 Å². The minimum Gasteiger partial charge on any atom is -0.312 e. The molecule has 0 saturated carbocycles. The van der Waals surface area contributed by atoms with Gasteiger partial charge in [0.05, 0.1) is 23.4 Å². The molecule has 0 bridgehead atoms. The molecule has 0 aliphatic heterocycles. The Labute approximate surface area is 452 Å². The van der Waals surface area contributed by atoms with Crippen molar-refractivity contribution in [1.82, 2.24) is 4.57 Å². The van der Waals surface area contributed by atoms with Gasteiger partial charge in [-0.25, -0.2) is 0 Å². The minimum absolute atomic E-state index is 0.212. The van der Waals surface area contributed by atoms with Crippen LogP contribution in [-0.4, -0.2) is 16.9 Å². The molecule has 11 aromatic rings. The number of aromatic nitrogens is 1. The Bertz CT molecular complexity index is 4020. The summed E-state index contributed by atoms with van der Waals surface area (Å²) in [5, 5.41) is 5.16. The van der Waals surface area contributed by atoms with Gasteiger partial charge in [0, 0.05) is 31.7 Å². The summed E-state index contributed by atoms with van der Waals surface area (Å²) in [6, 6.07) is 81.3. The number of benzene rings is 10. The molecular formula is C72H63N3S. The molecule has 3 nitrogen and oxygen atoms in total. The van der Waals surface area contributed by atoms with Gasteiger partial charge in [0.1, 0.15) is 0 Å². The molecular weight excluding hydrogens is 939 g/mol. The first kappa shape index (κ1) is 49.9. The molecule has 76 heavy (non-hydrogen) atoms. The first-order chi connectivity index (χ1) is 37.0. The second kappa shape index (κ2) is 21.2. The summed E-state index contributed by atoms with van der Waals surface area (Å²) in [7, 11) is 0. The summed E-state index contributed by atoms with van der Waals surface area (Å²) in [5.74, 6) is 0. The van der Waals surface area contributed by atoms with Gasteiger partial charge in [-0.2, -0.15) is 0 Å². The number of fused-ring (bicyclic) bond motifs is 5. The van der Waals surface area contributed by atoms with E-state index in [1.807, 2.05) is 30.0 Å². The molecule has 0 radical (unpaired) electrons. The highest BCUT2D eigenvalue weighted by Crippen LogP contribution is 2.52. The summed E-state index contributed by atoms with van der Waals surface area (Å²) >= 11 is 1.85. The van der Waals surface area contributed by atoms with Crippen LogP contribution in [-0.2, 0) is 5.41 Å². The monoisotopic (exact) mass is 1000 g/mol. The Balaban J connectivity index is 0.000000455. The lowest BCUT2D eigenvalue weighted by Gasteiger charge is -2.36. The van der Waals surface area contributed by atoms with Crippen molar-refractivity contribution in [3.63, 3.8) is 0 Å². The Morgan fingerprint density at radius 1 is 0.500 bits per heavy atom. The van der Waals surface area contributed by atoms with Gasteiger partial charge in [-0.15, -0.1) is 0 Å². The van der Waals surface area contributed by atoms with Gasteiger partial charge in [0.2, 0.25) is 0 Å². The van der Waals surface area contributed by atoms with Crippen LogP contribution in [0.3, 0.4) is 0 Å². The average molecular weight is 1000 g/mol. The number of aryl methyl sites for hydroxylation is 2. The zero-order chi connectivity index (χ0) is 52.5. The maximum absolute atomic E-state index is 6.05. The molecule has 0 atom stereocenters. The van der Waals surface area contributed by atoms with Crippen molar-refractivity contribution in [1.29, 1.82) is 0 Å². The smallest absolute Gasteiger partial charge is 0.0866 e. The third-order valence-corrected chi connectivity index (χ3v) is 16.7. The first-order valence-corrected chi connectivity index (χ1v) is 27.2. The van der Waals surface area contributed by atoms with Gasteiger partial charge >= 0.3 is 0 Å². The van der Waals surface area contributed by atoms with Gasteiger partial charge in [-0.05, 0) is 172 Å². The summed E-state index contributed by atoms with van der Waals surface area (Å²) in [6.07, 6.45) is 2.20. The van der Waals surface area contributed by atoms with Crippen molar-refractivity contribution in [2.75, 3.05) is 6.67 Å². The van der Waals surface area contributed by atoms with Crippen LogP contribution in [0.1, 0.15) is 79.1 Å². The van der Waals surface area contributed by atoms with Crippen molar-refractivity contribution in [2.24, 2.45) is 10.7 Å². The largest absolute Gasteiger partial charge is 0.312 e. The number of hydrogen-bond donors (Lipinski definition) is 1. The predicted octanol–water partition coefficient (Wildman–Crippen LogP) is 19.0. The van der Waals surface area contributed by atoms with E-state index in [0.717, 1.165) is 28.0 Å². The molecule has 12 rings (SSSR count). The Hall–Kier alpha value is -8.28. The topological polar surface area (TPSA) is 43.3 Å². The molecule has 2 N–H and O–H groups in total. The van der Waals surface area contributed by atoms with Crippen LogP contribution in [0.4, 0.5) is 0 Å². The van der Waals surface area contributed by atoms with Crippen LogP contribution in [0.15, 0.2) is 251 Å². The van der Waals surface area contributed by atoms with Crippen molar-refractivity contribution < 1.29 is 0 Å². The van der Waals surface area contributed by atoms with E-state index in [1.54, 1.807) is 0 Å². The molecule has 0 unspecified atom stereocenters. The van der Waals surface area contributed by atoms with E-state index in [2.05, 4.69) is 265 Å². The second-order valence-electron chi connectivity index (χ2n) is 20.6. The van der Waals surface area contributed by atoms with Crippen molar-refractivity contribution >= 4 is 61.2 Å². The van der Waals surface area contributed by atoms with Gasteiger partial charge in [-0.1, -0.05) is 213 Å². The van der Waals surface area contributed by atoms with Crippen LogP contribution >= 0.6 is 11.8 Å². The molecule has 0 saturated heterocycles. The molecule has 1 aliphatic carbocycles. The second-order valence-corrected chi connectivity index (χ2v) is 21.7. The van der Waals surface area contributed by atoms with E-state index in [0.29, 0.717) is 0 Å². The third kappa shape index (κ3) is 9.34. The van der Waals surface area contributed by atoms with E-state index in [-0.39, 0.29) is 12.1 Å². The molecule has 1 aliphatic rings. The van der Waals surface area contributed by atoms with Crippen LogP contribution < -0.4 is 5.73 Å². The molecule has 0 spiro atoms. The number of hydrogen-bond acceptors (Lipinski definition) is 3. The zero-order valence-electron chi connectivity index (χ0n) is 44.5. The third-order valence-electron chi connectivity index (χ3n) is 15.4. The quantitative estimate of drug-likeness (QED) is 0.139. The molecule has 0 fully saturated rings. The van der Waals surface area contributed by atoms with Gasteiger partial charge < -0.3 is 10.3 Å². The lowest BCUT2D eigenvalue weighted by Crippen LogP contribution is -2.24. The normalized spacial score (nSPS) is 12.8. The fourth-order valence-electron chi connectivity index (χ4n) is 11.3. The predicted molar refractivity (Wildman–Crippen MR) is 327 cm³/mol. The molecule has 10 aromatic carbocycles. The minimum atomic E-state index is -0.268. The number of rotatable bonds is 10. The number of nitrogens with zero attached hydrogens (tertiary/aromatic N) is 2. The summed E-state index contributed by atoms with van der Waals surface area (Å²) in [6.45, 7) is 15.9. The molecule has 0 amide bonds. The van der Waals surface area contributed by atoms with Crippen LogP contribution in [0, 0.1) is 13.8 Å². The standard InChI is InChI=1S/C60H47N3S.C12H16/c1-39-35-43(63-55-26-13-10-21-46(55)47-22-11-14-27-56(47)63)30-34-57(39)64-58-28-15-12-23-48(58)44-32-33-50-45-31-29-42(36-53(45)60(2,3)52-25-16-24-49(44)59(50)52)51(40-17-6-4-7-18-40)37-54(62-38-61)41-19-8-5-9-20-41;1-9(2)11(4)12-8-6-5-7-10(12)3/h4-37H,38,61H2,1-3H3;5-8H,1-4H3/b51-37-,62-54+;. The van der Waals surface area contributed by atoms with E-state index < -0.39 is 0 Å². The SMILES string of the molecule is CC(C)=C(C)c1ccccc1C.Cc1cc(-n2c3ccccc3c3ccccc32)ccc1Sc1ccccc1-c1ccc2c3c(cccc13)C(C)(C)c1cc(/C(=C\C(=N/CN)c3ccccc3)c3ccccc3)ccc1-2. The summed E-state index contributed by atoms with van der Waals surface area (Å²) in [4.78, 5) is 7.26. The Morgan fingerprint density at radius 3 is 1.79 bits per heavy atom. The van der Waals surface area contributed by atoms with Gasteiger partial charge in [-0.3, -0.25) is 4.99 Å². The highest BCUT2D eigenvalue weighted by atomic mass is 32.2. The Morgan fingerprint density at radius 2 is 1.11 bits per heavy atom. The molecule has 1 aromatic heterocycles. The molecule has 372 valence electrons. The van der Waals surface area contributed by atoms with Crippen molar-refractivity contribution in [3.05, 3.63) is 281 Å². The highest BCUT2D eigenvalue weighted by Gasteiger charge is 2.34. The number of para-hydroxylation sites is 2. The number of nitrogens with two attached hydrogens (primary N) is 1.